The first-order valence-corrected chi connectivity index (χ1v) is 11.7. The Morgan fingerprint density at radius 1 is 1.18 bits per heavy atom. The van der Waals surface area contributed by atoms with E-state index in [1.165, 1.54) is 24.3 Å². The molecule has 0 unspecified atom stereocenters. The van der Waals surface area contributed by atoms with Crippen molar-refractivity contribution in [3.05, 3.63) is 86.8 Å². The van der Waals surface area contributed by atoms with Crippen molar-refractivity contribution in [2.45, 2.75) is 44.8 Å². The molecule has 1 fully saturated rings. The van der Waals surface area contributed by atoms with Crippen LogP contribution in [-0.2, 0) is 19.1 Å². The molecule has 0 spiro atoms. The van der Waals surface area contributed by atoms with Crippen molar-refractivity contribution in [2.75, 3.05) is 0 Å². The molecular weight excluding hydrogens is 503 g/mol. The number of nitrogens with zero attached hydrogens (tertiary/aromatic N) is 4. The van der Waals surface area contributed by atoms with E-state index in [2.05, 4.69) is 15.6 Å². The third kappa shape index (κ3) is 4.95. The number of alkyl halides is 3. The van der Waals surface area contributed by atoms with Gasteiger partial charge in [0.1, 0.15) is 5.56 Å². The lowest BCUT2D eigenvalue weighted by Gasteiger charge is -2.17. The maximum absolute atomic E-state index is 13.5. The van der Waals surface area contributed by atoms with Crippen molar-refractivity contribution in [2.24, 2.45) is 0 Å². The minimum absolute atomic E-state index is 0.0283. The van der Waals surface area contributed by atoms with Gasteiger partial charge in [-0.2, -0.15) is 18.4 Å². The van der Waals surface area contributed by atoms with E-state index in [-0.39, 0.29) is 47.3 Å². The van der Waals surface area contributed by atoms with Gasteiger partial charge in [-0.25, -0.2) is 0 Å². The first-order chi connectivity index (χ1) is 18.2. The molecule has 38 heavy (non-hydrogen) atoms. The number of hydrogen-bond donors (Lipinski definition) is 1. The Morgan fingerprint density at radius 3 is 2.68 bits per heavy atom. The average molecular weight is 523 g/mol. The predicted molar refractivity (Wildman–Crippen MR) is 126 cm³/mol. The molecule has 1 amide bonds. The van der Waals surface area contributed by atoms with Gasteiger partial charge in [-0.05, 0) is 44.0 Å². The Balaban J connectivity index is 1.57. The highest BCUT2D eigenvalue weighted by atomic mass is 19.4. The Morgan fingerprint density at radius 2 is 1.97 bits per heavy atom. The smallest absolute Gasteiger partial charge is 0.359 e. The maximum atomic E-state index is 13.5. The van der Waals surface area contributed by atoms with Crippen molar-refractivity contribution < 1.29 is 27.0 Å². The molecule has 1 N–H and O–H groups in total. The maximum Gasteiger partial charge on any atom is 0.416 e. The Labute approximate surface area is 213 Å². The first-order valence-electron chi connectivity index (χ1n) is 11.7. The number of carbonyl (C=O) groups is 1. The van der Waals surface area contributed by atoms with E-state index in [1.54, 1.807) is 13.0 Å². The molecule has 1 aromatic carbocycles. The van der Waals surface area contributed by atoms with Gasteiger partial charge in [0.15, 0.2) is 11.5 Å². The van der Waals surface area contributed by atoms with Crippen LogP contribution in [0.5, 0.6) is 0 Å². The van der Waals surface area contributed by atoms with E-state index in [1.807, 2.05) is 6.07 Å². The van der Waals surface area contributed by atoms with Crippen LogP contribution in [0.25, 0.3) is 17.0 Å². The van der Waals surface area contributed by atoms with Crippen LogP contribution in [0.3, 0.4) is 0 Å². The summed E-state index contributed by atoms with van der Waals surface area (Å²) < 4.78 is 51.9. The van der Waals surface area contributed by atoms with Crippen LogP contribution >= 0.6 is 0 Å². The largest absolute Gasteiger partial charge is 0.416 e. The lowest BCUT2D eigenvalue weighted by molar-refractivity contribution is -0.137. The highest BCUT2D eigenvalue weighted by Crippen LogP contribution is 2.41. The molecule has 0 saturated heterocycles. The third-order valence-electron chi connectivity index (χ3n) is 6.20. The number of amides is 1. The molecule has 3 heterocycles. The van der Waals surface area contributed by atoms with Crippen LogP contribution in [0.15, 0.2) is 56.3 Å². The number of aromatic nitrogens is 3. The summed E-state index contributed by atoms with van der Waals surface area (Å²) in [6.45, 7) is 1.43. The lowest BCUT2D eigenvalue weighted by Crippen LogP contribution is -2.33. The molecule has 1 aliphatic carbocycles. The monoisotopic (exact) mass is 523 g/mol. The second kappa shape index (κ2) is 9.66. The Hall–Kier alpha value is -4.66. The Bertz CT molecular complexity index is 1620. The molecule has 3 aromatic heterocycles. The van der Waals surface area contributed by atoms with E-state index in [0.717, 1.165) is 35.2 Å². The quantitative estimate of drug-likeness (QED) is 0.373. The summed E-state index contributed by atoms with van der Waals surface area (Å²) in [5, 5.41) is 19.1. The molecule has 5 rings (SSSR count). The zero-order valence-electron chi connectivity index (χ0n) is 20.0. The topological polar surface area (TPSA) is 127 Å². The third-order valence-corrected chi connectivity index (χ3v) is 6.20. The molecule has 0 atom stereocenters. The molecule has 9 nitrogen and oxygen atoms in total. The van der Waals surface area contributed by atoms with E-state index < -0.39 is 23.2 Å². The van der Waals surface area contributed by atoms with Crippen LogP contribution in [0.1, 0.15) is 57.5 Å². The zero-order chi connectivity index (χ0) is 27.0. The molecule has 0 radical (unpaired) electrons. The Kier molecular flexibility index (Phi) is 6.36. The van der Waals surface area contributed by atoms with Crippen molar-refractivity contribution in [3.63, 3.8) is 0 Å². The molecule has 0 aliphatic heterocycles. The summed E-state index contributed by atoms with van der Waals surface area (Å²) in [6, 6.07) is 10.8. The average Bonchev–Trinajstić information content (AvgIpc) is 3.44. The van der Waals surface area contributed by atoms with Crippen molar-refractivity contribution in [3.8, 4) is 23.1 Å². The van der Waals surface area contributed by atoms with Gasteiger partial charge in [-0.1, -0.05) is 16.4 Å². The number of rotatable bonds is 7. The van der Waals surface area contributed by atoms with Gasteiger partial charge in [0, 0.05) is 35.0 Å². The SMILES string of the molecule is Cc1c(-c2cc(C3CC3)no2)cc(C(=O)NCc2cc(CC#N)no2)c(=O)n1-c1cccc(C(F)(F)F)c1. The number of hydrogen-bond acceptors (Lipinski definition) is 7. The zero-order valence-corrected chi connectivity index (χ0v) is 20.0. The van der Waals surface area contributed by atoms with Crippen LogP contribution in [0.2, 0.25) is 0 Å². The number of nitrogens with one attached hydrogen (secondary N) is 1. The summed E-state index contributed by atoms with van der Waals surface area (Å²) in [5.41, 5.74) is -0.387. The van der Waals surface area contributed by atoms with Crippen molar-refractivity contribution >= 4 is 5.91 Å². The fourth-order valence-corrected chi connectivity index (χ4v) is 4.10. The molecule has 4 aromatic rings. The highest BCUT2D eigenvalue weighted by Gasteiger charge is 2.32. The van der Waals surface area contributed by atoms with Gasteiger partial charge < -0.3 is 14.4 Å². The number of nitriles is 1. The first kappa shape index (κ1) is 25.0. The van der Waals surface area contributed by atoms with E-state index in [9.17, 15) is 22.8 Å². The molecule has 1 aliphatic rings. The van der Waals surface area contributed by atoms with Gasteiger partial charge in [0.05, 0.1) is 36.0 Å². The molecule has 194 valence electrons. The summed E-state index contributed by atoms with van der Waals surface area (Å²) in [4.78, 5) is 26.6. The van der Waals surface area contributed by atoms with Gasteiger partial charge >= 0.3 is 6.18 Å². The second-order valence-electron chi connectivity index (χ2n) is 8.94. The second-order valence-corrected chi connectivity index (χ2v) is 8.94. The van der Waals surface area contributed by atoms with E-state index in [0.29, 0.717) is 11.3 Å². The highest BCUT2D eigenvalue weighted by molar-refractivity contribution is 5.95. The minimum atomic E-state index is -4.63. The summed E-state index contributed by atoms with van der Waals surface area (Å²) in [7, 11) is 0. The van der Waals surface area contributed by atoms with Crippen LogP contribution in [-0.4, -0.2) is 20.8 Å². The lowest BCUT2D eigenvalue weighted by atomic mass is 10.1. The van der Waals surface area contributed by atoms with E-state index in [4.69, 9.17) is 14.3 Å². The minimum Gasteiger partial charge on any atom is -0.359 e. The van der Waals surface area contributed by atoms with Crippen LogP contribution in [0, 0.1) is 18.3 Å². The molecule has 12 heteroatoms. The predicted octanol–water partition coefficient (Wildman–Crippen LogP) is 4.68. The summed E-state index contributed by atoms with van der Waals surface area (Å²) in [6.07, 6.45) is -2.66. The number of carbonyl (C=O) groups excluding carboxylic acids is 1. The standard InChI is InChI=1S/C26H20F3N5O4/c1-14-20(23-12-22(33-38-23)15-5-6-15)11-21(24(35)31-13-19-10-17(7-8-30)32-37-19)25(36)34(14)18-4-2-3-16(9-18)26(27,28)29/h2-4,9-12,15H,5-7,13H2,1H3,(H,31,35). The van der Waals surface area contributed by atoms with Gasteiger partial charge in [-0.3, -0.25) is 14.2 Å². The number of benzene rings is 1. The van der Waals surface area contributed by atoms with E-state index >= 15 is 0 Å². The van der Waals surface area contributed by atoms with Crippen molar-refractivity contribution in [1.29, 1.82) is 5.26 Å². The fraction of sp³-hybridized carbons (Fsp3) is 0.269. The summed E-state index contributed by atoms with van der Waals surface area (Å²) >= 11 is 0. The van der Waals surface area contributed by atoms with Crippen LogP contribution in [0.4, 0.5) is 13.2 Å². The van der Waals surface area contributed by atoms with Gasteiger partial charge in [0.25, 0.3) is 11.5 Å². The van der Waals surface area contributed by atoms with Crippen LogP contribution < -0.4 is 10.9 Å². The summed E-state index contributed by atoms with van der Waals surface area (Å²) in [5.74, 6) is 0.0453. The van der Waals surface area contributed by atoms with Gasteiger partial charge in [0.2, 0.25) is 0 Å². The van der Waals surface area contributed by atoms with Gasteiger partial charge in [-0.15, -0.1) is 0 Å². The van der Waals surface area contributed by atoms with Crippen molar-refractivity contribution in [1.82, 2.24) is 20.2 Å². The molecular formula is C26H20F3N5O4. The molecule has 0 bridgehead atoms. The fourth-order valence-electron chi connectivity index (χ4n) is 4.10. The molecule has 1 saturated carbocycles. The number of halogens is 3. The normalized spacial score (nSPS) is 13.3. The number of pyridine rings is 1.